The first-order valence-corrected chi connectivity index (χ1v) is 9.77. The number of fused-ring (bicyclic) bond motifs is 2. The van der Waals surface area contributed by atoms with E-state index in [0.29, 0.717) is 39.9 Å². The van der Waals surface area contributed by atoms with Crippen LogP contribution >= 0.6 is 0 Å². The maximum Gasteiger partial charge on any atom is 0.231 e. The van der Waals surface area contributed by atoms with Crippen molar-refractivity contribution >= 4 is 0 Å². The van der Waals surface area contributed by atoms with Crippen LogP contribution in [-0.4, -0.2) is 56.8 Å². The third-order valence-electron chi connectivity index (χ3n) is 5.91. The van der Waals surface area contributed by atoms with E-state index in [9.17, 15) is 10.2 Å². The highest BCUT2D eigenvalue weighted by Crippen LogP contribution is 2.52. The van der Waals surface area contributed by atoms with Gasteiger partial charge in [0.15, 0.2) is 23.0 Å². The van der Waals surface area contributed by atoms with Crippen molar-refractivity contribution in [2.45, 2.75) is 25.2 Å². The molecule has 2 aromatic rings. The molecule has 0 aliphatic carbocycles. The van der Waals surface area contributed by atoms with E-state index in [0.717, 1.165) is 24.1 Å². The van der Waals surface area contributed by atoms with Gasteiger partial charge in [-0.05, 0) is 36.7 Å². The number of rotatable bonds is 6. The zero-order chi connectivity index (χ0) is 21.4. The number of hydrogen-bond acceptors (Lipinski definition) is 8. The summed E-state index contributed by atoms with van der Waals surface area (Å²) in [6.07, 6.45) is -0.161. The number of aliphatic hydroxyl groups excluding tert-OH is 2. The van der Waals surface area contributed by atoms with Gasteiger partial charge < -0.3 is 33.9 Å². The summed E-state index contributed by atoms with van der Waals surface area (Å²) in [6.45, 7) is 0.593. The molecule has 0 spiro atoms. The number of aliphatic hydroxyl groups is 2. The van der Waals surface area contributed by atoms with Crippen LogP contribution in [0.5, 0.6) is 28.7 Å². The van der Waals surface area contributed by atoms with E-state index in [4.69, 9.17) is 23.7 Å². The molecule has 0 bridgehead atoms. The Hall–Kier alpha value is -2.68. The Bertz CT molecular complexity index is 946. The van der Waals surface area contributed by atoms with Crippen LogP contribution in [0, 0.1) is 0 Å². The van der Waals surface area contributed by atoms with Gasteiger partial charge in [-0.15, -0.1) is 0 Å². The van der Waals surface area contributed by atoms with Crippen molar-refractivity contribution in [3.05, 3.63) is 40.5 Å². The molecule has 0 unspecified atom stereocenters. The van der Waals surface area contributed by atoms with Gasteiger partial charge in [-0.1, -0.05) is 6.07 Å². The van der Waals surface area contributed by atoms with Crippen molar-refractivity contribution in [3.63, 3.8) is 0 Å². The Kier molecular flexibility index (Phi) is 5.64. The Balaban J connectivity index is 1.86. The first-order valence-electron chi connectivity index (χ1n) is 9.77. The van der Waals surface area contributed by atoms with Gasteiger partial charge in [0.1, 0.15) is 0 Å². The van der Waals surface area contributed by atoms with E-state index in [-0.39, 0.29) is 13.4 Å². The molecule has 2 heterocycles. The summed E-state index contributed by atoms with van der Waals surface area (Å²) in [5, 5.41) is 21.6. The summed E-state index contributed by atoms with van der Waals surface area (Å²) in [7, 11) is 6.60. The average molecular weight is 417 g/mol. The monoisotopic (exact) mass is 417 g/mol. The number of benzene rings is 2. The van der Waals surface area contributed by atoms with E-state index in [1.807, 2.05) is 13.1 Å². The zero-order valence-corrected chi connectivity index (χ0v) is 17.6. The van der Waals surface area contributed by atoms with Gasteiger partial charge in [0, 0.05) is 17.7 Å². The molecule has 0 radical (unpaired) electrons. The minimum Gasteiger partial charge on any atom is -0.493 e. The molecule has 8 heteroatoms. The Morgan fingerprint density at radius 1 is 1.13 bits per heavy atom. The highest BCUT2D eigenvalue weighted by Gasteiger charge is 2.39. The molecule has 162 valence electrons. The molecule has 2 aromatic carbocycles. The lowest BCUT2D eigenvalue weighted by molar-refractivity contribution is 0.0524. The molecule has 0 fully saturated rings. The third-order valence-corrected chi connectivity index (χ3v) is 5.91. The fraction of sp³-hybridized carbons (Fsp3) is 0.455. The molecular weight excluding hydrogens is 390 g/mol. The van der Waals surface area contributed by atoms with Crippen LogP contribution in [-0.2, 0) is 13.0 Å². The second kappa shape index (κ2) is 8.22. The first-order chi connectivity index (χ1) is 14.5. The molecule has 0 amide bonds. The minimum absolute atomic E-state index is 0.141. The molecule has 2 aliphatic rings. The van der Waals surface area contributed by atoms with Crippen LogP contribution in [0.2, 0.25) is 0 Å². The third kappa shape index (κ3) is 3.12. The lowest BCUT2D eigenvalue weighted by atomic mass is 9.84. The van der Waals surface area contributed by atoms with Gasteiger partial charge in [-0.2, -0.15) is 0 Å². The van der Waals surface area contributed by atoms with Gasteiger partial charge in [-0.25, -0.2) is 0 Å². The molecule has 0 saturated heterocycles. The molecular formula is C22H27NO7. The topological polar surface area (TPSA) is 89.9 Å². The second-order valence-electron chi connectivity index (χ2n) is 7.36. The van der Waals surface area contributed by atoms with Gasteiger partial charge in [0.25, 0.3) is 0 Å². The minimum atomic E-state index is -0.953. The number of ether oxygens (including phenoxy) is 5. The van der Waals surface area contributed by atoms with E-state index in [1.165, 1.54) is 14.2 Å². The van der Waals surface area contributed by atoms with Crippen molar-refractivity contribution in [2.75, 3.05) is 41.7 Å². The van der Waals surface area contributed by atoms with Crippen LogP contribution in [0.3, 0.4) is 0 Å². The smallest absolute Gasteiger partial charge is 0.231 e. The number of hydrogen-bond donors (Lipinski definition) is 2. The predicted molar refractivity (Wildman–Crippen MR) is 109 cm³/mol. The first kappa shape index (κ1) is 20.6. The number of likely N-dealkylation sites (N-methyl/N-ethyl adjacent to an activating group) is 1. The summed E-state index contributed by atoms with van der Waals surface area (Å²) in [6, 6.07) is 5.05. The molecule has 2 N–H and O–H groups in total. The maximum absolute atomic E-state index is 11.5. The largest absolute Gasteiger partial charge is 0.493 e. The highest BCUT2D eigenvalue weighted by molar-refractivity contribution is 5.62. The zero-order valence-electron chi connectivity index (χ0n) is 17.6. The molecule has 2 atom stereocenters. The molecule has 8 nitrogen and oxygen atoms in total. The van der Waals surface area contributed by atoms with Crippen LogP contribution in [0.1, 0.15) is 34.4 Å². The van der Waals surface area contributed by atoms with Crippen molar-refractivity contribution < 1.29 is 33.9 Å². The van der Waals surface area contributed by atoms with Crippen LogP contribution in [0.25, 0.3) is 0 Å². The van der Waals surface area contributed by atoms with Gasteiger partial charge in [0.2, 0.25) is 12.5 Å². The second-order valence-corrected chi connectivity index (χ2v) is 7.36. The fourth-order valence-electron chi connectivity index (χ4n) is 4.48. The van der Waals surface area contributed by atoms with Crippen molar-refractivity contribution in [3.8, 4) is 28.7 Å². The van der Waals surface area contributed by atoms with E-state index >= 15 is 0 Å². The standard InChI is InChI=1S/C22H27NO7/c1-23-8-7-12-9-16-21(30-11-29-16)22(28-4)17(12)18(23)19(25)13-5-6-15(26-2)20(27-3)14(13)10-24/h5-6,9,18-19,24-25H,7-8,10-11H2,1-4H3/t18-,19-/m1/s1. The van der Waals surface area contributed by atoms with Gasteiger partial charge in [-0.3, -0.25) is 4.90 Å². The van der Waals surface area contributed by atoms with Crippen molar-refractivity contribution in [1.82, 2.24) is 4.90 Å². The SMILES string of the molecule is COc1ccc([C@@H](O)[C@H]2c3c(cc4c(c3OC)OCO4)CCN2C)c(CO)c1OC. The summed E-state index contributed by atoms with van der Waals surface area (Å²) < 4.78 is 27.7. The number of methoxy groups -OCH3 is 3. The lowest BCUT2D eigenvalue weighted by Gasteiger charge is -2.39. The average Bonchev–Trinajstić information content (AvgIpc) is 3.24. The number of nitrogens with zero attached hydrogens (tertiary/aromatic N) is 1. The predicted octanol–water partition coefficient (Wildman–Crippen LogP) is 2.20. The lowest BCUT2D eigenvalue weighted by Crippen LogP contribution is -2.36. The quantitative estimate of drug-likeness (QED) is 0.740. The molecule has 0 aromatic heterocycles. The summed E-state index contributed by atoms with van der Waals surface area (Å²) in [5.74, 6) is 2.69. The molecule has 30 heavy (non-hydrogen) atoms. The van der Waals surface area contributed by atoms with E-state index < -0.39 is 12.1 Å². The molecule has 4 rings (SSSR count). The summed E-state index contributed by atoms with van der Waals surface area (Å²) in [4.78, 5) is 2.08. The van der Waals surface area contributed by atoms with Gasteiger partial charge in [0.05, 0.1) is 40.1 Å². The Labute approximate surface area is 175 Å². The maximum atomic E-state index is 11.5. The highest BCUT2D eigenvalue weighted by atomic mass is 16.7. The van der Waals surface area contributed by atoms with E-state index in [1.54, 1.807) is 19.2 Å². The normalized spacial score (nSPS) is 18.7. The fourth-order valence-corrected chi connectivity index (χ4v) is 4.48. The van der Waals surface area contributed by atoms with Gasteiger partial charge >= 0.3 is 0 Å². The van der Waals surface area contributed by atoms with Crippen molar-refractivity contribution in [2.24, 2.45) is 0 Å². The van der Waals surface area contributed by atoms with E-state index in [2.05, 4.69) is 4.90 Å². The van der Waals surface area contributed by atoms with Crippen LogP contribution in [0.4, 0.5) is 0 Å². The summed E-state index contributed by atoms with van der Waals surface area (Å²) >= 11 is 0. The van der Waals surface area contributed by atoms with Crippen LogP contribution in [0.15, 0.2) is 18.2 Å². The Morgan fingerprint density at radius 2 is 1.90 bits per heavy atom. The van der Waals surface area contributed by atoms with Crippen molar-refractivity contribution in [1.29, 1.82) is 0 Å². The summed E-state index contributed by atoms with van der Waals surface area (Å²) in [5.41, 5.74) is 2.97. The molecule has 0 saturated carbocycles. The molecule has 2 aliphatic heterocycles. The Morgan fingerprint density at radius 3 is 2.57 bits per heavy atom. The van der Waals surface area contributed by atoms with Crippen LogP contribution < -0.4 is 23.7 Å².